The highest BCUT2D eigenvalue weighted by atomic mass is 16.1. The maximum absolute atomic E-state index is 13.0. The molecule has 1 aliphatic carbocycles. The van der Waals surface area contributed by atoms with Crippen LogP contribution in [0.1, 0.15) is 16.1 Å². The number of carbonyl (C=O) groups is 1. The van der Waals surface area contributed by atoms with Gasteiger partial charge < -0.3 is 10.2 Å². The van der Waals surface area contributed by atoms with Crippen LogP contribution in [0.3, 0.4) is 0 Å². The van der Waals surface area contributed by atoms with Gasteiger partial charge in [0.05, 0.1) is 11.1 Å². The number of fused-ring (bicyclic) bond motifs is 2. The van der Waals surface area contributed by atoms with Crippen molar-refractivity contribution in [1.29, 1.82) is 0 Å². The smallest absolute Gasteiger partial charge is 0.216 e. The van der Waals surface area contributed by atoms with Crippen LogP contribution >= 0.6 is 0 Å². The molecule has 0 saturated heterocycles. The number of aryl methyl sites for hydroxylation is 1. The Morgan fingerprint density at radius 3 is 2.62 bits per heavy atom. The zero-order valence-corrected chi connectivity index (χ0v) is 13.9. The zero-order chi connectivity index (χ0) is 16.8. The second-order valence-corrected chi connectivity index (χ2v) is 6.17. The van der Waals surface area contributed by atoms with Gasteiger partial charge in [-0.1, -0.05) is 0 Å². The van der Waals surface area contributed by atoms with Crippen molar-refractivity contribution in [2.75, 3.05) is 32.5 Å². The van der Waals surface area contributed by atoms with Crippen LogP contribution in [-0.4, -0.2) is 57.6 Å². The molecule has 0 bridgehead atoms. The van der Waals surface area contributed by atoms with Crippen molar-refractivity contribution in [3.63, 3.8) is 0 Å². The van der Waals surface area contributed by atoms with E-state index < -0.39 is 0 Å². The molecule has 0 amide bonds. The summed E-state index contributed by atoms with van der Waals surface area (Å²) in [5, 5.41) is 8.80. The van der Waals surface area contributed by atoms with Crippen LogP contribution in [0.4, 0.5) is 5.69 Å². The third-order valence-electron chi connectivity index (χ3n) is 4.26. The maximum atomic E-state index is 13.0. The number of hydrogen-bond donors (Lipinski definition) is 1. The third kappa shape index (κ3) is 2.09. The molecular weight excluding hydrogens is 304 g/mol. The predicted molar refractivity (Wildman–Crippen MR) is 92.2 cm³/mol. The van der Waals surface area contributed by atoms with E-state index in [2.05, 4.69) is 25.3 Å². The van der Waals surface area contributed by atoms with E-state index in [9.17, 15) is 4.79 Å². The average Bonchev–Trinajstić information content (AvgIpc) is 2.90. The minimum absolute atomic E-state index is 0.100. The molecule has 2 heterocycles. The largest absolute Gasteiger partial charge is 0.383 e. The van der Waals surface area contributed by atoms with Crippen molar-refractivity contribution in [2.45, 2.75) is 0 Å². The lowest BCUT2D eigenvalue weighted by Gasteiger charge is -2.18. The molecule has 1 aromatic carbocycles. The highest BCUT2D eigenvalue weighted by Gasteiger charge is 2.32. The van der Waals surface area contributed by atoms with Crippen LogP contribution in [0.25, 0.3) is 22.3 Å². The van der Waals surface area contributed by atoms with Gasteiger partial charge in [0.2, 0.25) is 5.78 Å². The van der Waals surface area contributed by atoms with Crippen LogP contribution in [0, 0.1) is 0 Å². The summed E-state index contributed by atoms with van der Waals surface area (Å²) in [6, 6.07) is 3.93. The molecule has 122 valence electrons. The monoisotopic (exact) mass is 322 g/mol. The molecular formula is C17H18N6O. The van der Waals surface area contributed by atoms with Gasteiger partial charge in [0.15, 0.2) is 0 Å². The summed E-state index contributed by atoms with van der Waals surface area (Å²) in [7, 11) is 5.91. The first-order valence-electron chi connectivity index (χ1n) is 7.82. The number of rotatable bonds is 4. The van der Waals surface area contributed by atoms with E-state index in [4.69, 9.17) is 0 Å². The fourth-order valence-corrected chi connectivity index (χ4v) is 3.11. The molecule has 0 radical (unpaired) electrons. The predicted octanol–water partition coefficient (Wildman–Crippen LogP) is 1.55. The Bertz CT molecular complexity index is 959. The van der Waals surface area contributed by atoms with E-state index in [1.165, 1.54) is 0 Å². The van der Waals surface area contributed by atoms with Gasteiger partial charge in [0.1, 0.15) is 17.1 Å². The van der Waals surface area contributed by atoms with E-state index in [-0.39, 0.29) is 5.78 Å². The topological polar surface area (TPSA) is 75.9 Å². The summed E-state index contributed by atoms with van der Waals surface area (Å²) in [6.45, 7) is 1.63. The first kappa shape index (κ1) is 14.8. The Hall–Kier alpha value is -2.80. The number of anilines is 1. The summed E-state index contributed by atoms with van der Waals surface area (Å²) in [5.74, 6) is -0.100. The summed E-state index contributed by atoms with van der Waals surface area (Å²) < 4.78 is 1.79. The molecule has 0 unspecified atom stereocenters. The van der Waals surface area contributed by atoms with E-state index in [1.54, 1.807) is 17.1 Å². The van der Waals surface area contributed by atoms with Crippen molar-refractivity contribution in [3.8, 4) is 11.4 Å². The van der Waals surface area contributed by atoms with Gasteiger partial charge in [-0.3, -0.25) is 14.5 Å². The Morgan fingerprint density at radius 2 is 1.88 bits per heavy atom. The molecule has 0 spiro atoms. The molecule has 0 saturated carbocycles. The molecule has 7 nitrogen and oxygen atoms in total. The van der Waals surface area contributed by atoms with E-state index in [1.807, 2.05) is 33.3 Å². The van der Waals surface area contributed by atoms with Crippen molar-refractivity contribution in [2.24, 2.45) is 7.05 Å². The Kier molecular flexibility index (Phi) is 3.31. The molecule has 7 heteroatoms. The van der Waals surface area contributed by atoms with Gasteiger partial charge in [0.25, 0.3) is 0 Å². The van der Waals surface area contributed by atoms with Crippen molar-refractivity contribution < 1.29 is 4.79 Å². The fraction of sp³-hybridized carbons (Fsp3) is 0.294. The first-order chi connectivity index (χ1) is 11.6. The number of nitrogens with one attached hydrogen (secondary N) is 1. The Balaban J connectivity index is 1.92. The SMILES string of the molecule is CN(C)CCNc1ccc2c3c(nn2C)-c2nccnc2C(=O)c13. The second kappa shape index (κ2) is 5.38. The van der Waals surface area contributed by atoms with Crippen molar-refractivity contribution in [1.82, 2.24) is 24.6 Å². The minimum atomic E-state index is -0.100. The normalized spacial score (nSPS) is 12.8. The van der Waals surface area contributed by atoms with Gasteiger partial charge in [-0.05, 0) is 26.2 Å². The van der Waals surface area contributed by atoms with Crippen molar-refractivity contribution in [3.05, 3.63) is 35.8 Å². The van der Waals surface area contributed by atoms with Crippen LogP contribution in [-0.2, 0) is 7.05 Å². The average molecular weight is 322 g/mol. The number of ketones is 1. The minimum Gasteiger partial charge on any atom is -0.383 e. The molecule has 0 aliphatic heterocycles. The number of nitrogens with zero attached hydrogens (tertiary/aromatic N) is 5. The summed E-state index contributed by atoms with van der Waals surface area (Å²) in [5.41, 5.74) is 4.03. The van der Waals surface area contributed by atoms with Crippen LogP contribution in [0.15, 0.2) is 24.5 Å². The van der Waals surface area contributed by atoms with Crippen molar-refractivity contribution >= 4 is 22.4 Å². The molecule has 24 heavy (non-hydrogen) atoms. The highest BCUT2D eigenvalue weighted by molar-refractivity contribution is 6.26. The van der Waals surface area contributed by atoms with Gasteiger partial charge in [-0.25, -0.2) is 4.98 Å². The maximum Gasteiger partial charge on any atom is 0.216 e. The van der Waals surface area contributed by atoms with Gasteiger partial charge >= 0.3 is 0 Å². The van der Waals surface area contributed by atoms with Gasteiger partial charge in [0, 0.05) is 43.6 Å². The van der Waals surface area contributed by atoms with Crippen LogP contribution in [0.5, 0.6) is 0 Å². The third-order valence-corrected chi connectivity index (χ3v) is 4.26. The molecule has 0 fully saturated rings. The fourth-order valence-electron chi connectivity index (χ4n) is 3.11. The Morgan fingerprint density at radius 1 is 1.12 bits per heavy atom. The second-order valence-electron chi connectivity index (χ2n) is 6.17. The lowest BCUT2D eigenvalue weighted by Crippen LogP contribution is -2.22. The lowest BCUT2D eigenvalue weighted by atomic mass is 9.92. The molecule has 3 aromatic rings. The Labute approximate surface area is 139 Å². The molecule has 1 N–H and O–H groups in total. The molecule has 1 aliphatic rings. The van der Waals surface area contributed by atoms with Gasteiger partial charge in [-0.15, -0.1) is 0 Å². The number of hydrogen-bond acceptors (Lipinski definition) is 6. The summed E-state index contributed by atoms with van der Waals surface area (Å²) in [6.07, 6.45) is 3.14. The number of carbonyl (C=O) groups excluding carboxylic acids is 1. The van der Waals surface area contributed by atoms with Crippen LogP contribution in [0.2, 0.25) is 0 Å². The van der Waals surface area contributed by atoms with E-state index >= 15 is 0 Å². The lowest BCUT2D eigenvalue weighted by molar-refractivity contribution is 0.103. The van der Waals surface area contributed by atoms with Crippen LogP contribution < -0.4 is 5.32 Å². The standard InChI is InChI=1S/C17H18N6O/c1-22(2)9-8-18-10-4-5-11-13-12(10)17(24)16-15(19-6-7-20-16)14(13)21-23(11)3/h4-7,18H,8-9H2,1-3H3. The van der Waals surface area contributed by atoms with E-state index in [0.29, 0.717) is 17.0 Å². The summed E-state index contributed by atoms with van der Waals surface area (Å²) >= 11 is 0. The molecule has 4 rings (SSSR count). The number of benzene rings is 1. The quantitative estimate of drug-likeness (QED) is 0.614. The number of likely N-dealkylation sites (N-methyl/N-ethyl adjacent to an activating group) is 1. The first-order valence-corrected chi connectivity index (χ1v) is 7.82. The summed E-state index contributed by atoms with van der Waals surface area (Å²) in [4.78, 5) is 23.7. The van der Waals surface area contributed by atoms with Gasteiger partial charge in [-0.2, -0.15) is 5.10 Å². The molecule has 0 atom stereocenters. The zero-order valence-electron chi connectivity index (χ0n) is 13.9. The highest BCUT2D eigenvalue weighted by Crippen LogP contribution is 2.39. The van der Waals surface area contributed by atoms with E-state index in [0.717, 1.165) is 35.4 Å². The molecule has 2 aromatic heterocycles. The number of aromatic nitrogens is 4.